The molecular weight excluding hydrogens is 228 g/mol. The first-order valence-electron chi connectivity index (χ1n) is 5.56. The van der Waals surface area contributed by atoms with Crippen molar-refractivity contribution in [3.63, 3.8) is 0 Å². The number of ether oxygens (including phenoxy) is 2. The van der Waals surface area contributed by atoms with Crippen LogP contribution in [0.5, 0.6) is 11.5 Å². The lowest BCUT2D eigenvalue weighted by atomic mass is 10.0. The van der Waals surface area contributed by atoms with Crippen molar-refractivity contribution in [3.8, 4) is 22.6 Å². The van der Waals surface area contributed by atoms with Gasteiger partial charge in [0.1, 0.15) is 6.29 Å². The minimum Gasteiger partial charge on any atom is -0.493 e. The first-order valence-corrected chi connectivity index (χ1v) is 5.56. The van der Waals surface area contributed by atoms with Crippen molar-refractivity contribution < 1.29 is 14.3 Å². The highest BCUT2D eigenvalue weighted by Gasteiger charge is 2.13. The maximum Gasteiger partial charge on any atom is 0.168 e. The van der Waals surface area contributed by atoms with Crippen LogP contribution >= 0.6 is 0 Å². The van der Waals surface area contributed by atoms with Crippen molar-refractivity contribution in [1.29, 1.82) is 0 Å². The highest BCUT2D eigenvalue weighted by atomic mass is 16.5. The summed E-state index contributed by atoms with van der Waals surface area (Å²) in [6, 6.07) is 13.2. The van der Waals surface area contributed by atoms with Crippen molar-refractivity contribution in [2.45, 2.75) is 0 Å². The number of hydrogen-bond donors (Lipinski definition) is 0. The van der Waals surface area contributed by atoms with E-state index >= 15 is 0 Å². The first kappa shape index (κ1) is 12.2. The molecule has 2 aromatic rings. The smallest absolute Gasteiger partial charge is 0.168 e. The van der Waals surface area contributed by atoms with E-state index in [1.165, 1.54) is 0 Å². The lowest BCUT2D eigenvalue weighted by Gasteiger charge is -2.13. The molecule has 0 radical (unpaired) electrons. The highest BCUT2D eigenvalue weighted by Crippen LogP contribution is 2.38. The summed E-state index contributed by atoms with van der Waals surface area (Å²) in [5, 5.41) is 0. The van der Waals surface area contributed by atoms with Crippen LogP contribution in [0.15, 0.2) is 42.5 Å². The molecule has 0 bridgehead atoms. The van der Waals surface area contributed by atoms with Crippen molar-refractivity contribution >= 4 is 6.29 Å². The lowest BCUT2D eigenvalue weighted by Crippen LogP contribution is -1.95. The molecule has 92 valence electrons. The third-order valence-electron chi connectivity index (χ3n) is 2.72. The van der Waals surface area contributed by atoms with Crippen LogP contribution in [-0.2, 0) is 0 Å². The fraction of sp³-hybridized carbons (Fsp3) is 0.133. The molecule has 0 unspecified atom stereocenters. The highest BCUT2D eigenvalue weighted by molar-refractivity contribution is 5.84. The van der Waals surface area contributed by atoms with Crippen molar-refractivity contribution in [1.82, 2.24) is 0 Å². The molecule has 0 aliphatic carbocycles. The molecule has 0 atom stereocenters. The SMILES string of the molecule is COc1cc(C=O)cc(-c2ccccc2)c1OC. The Morgan fingerprint density at radius 2 is 1.72 bits per heavy atom. The van der Waals surface area contributed by atoms with Gasteiger partial charge in [-0.2, -0.15) is 0 Å². The summed E-state index contributed by atoms with van der Waals surface area (Å²) in [5.41, 5.74) is 2.39. The summed E-state index contributed by atoms with van der Waals surface area (Å²) >= 11 is 0. The number of benzene rings is 2. The molecule has 18 heavy (non-hydrogen) atoms. The Morgan fingerprint density at radius 1 is 1.00 bits per heavy atom. The third-order valence-corrected chi connectivity index (χ3v) is 2.72. The average molecular weight is 242 g/mol. The van der Waals surface area contributed by atoms with Crippen LogP contribution in [0.3, 0.4) is 0 Å². The molecule has 0 heterocycles. The zero-order valence-electron chi connectivity index (χ0n) is 10.3. The second kappa shape index (κ2) is 5.36. The molecule has 2 aromatic carbocycles. The Morgan fingerprint density at radius 3 is 2.28 bits per heavy atom. The molecule has 0 aromatic heterocycles. The van der Waals surface area contributed by atoms with Crippen LogP contribution < -0.4 is 9.47 Å². The zero-order chi connectivity index (χ0) is 13.0. The number of hydrogen-bond acceptors (Lipinski definition) is 3. The molecule has 0 spiro atoms. The number of methoxy groups -OCH3 is 2. The van der Waals surface area contributed by atoms with Gasteiger partial charge in [-0.3, -0.25) is 4.79 Å². The van der Waals surface area contributed by atoms with E-state index in [0.717, 1.165) is 17.4 Å². The minimum atomic E-state index is 0.556. The maximum atomic E-state index is 11.0. The number of aldehydes is 1. The van der Waals surface area contributed by atoms with Crippen LogP contribution in [0.25, 0.3) is 11.1 Å². The molecule has 0 fully saturated rings. The predicted octanol–water partition coefficient (Wildman–Crippen LogP) is 3.18. The van der Waals surface area contributed by atoms with Gasteiger partial charge in [0.05, 0.1) is 14.2 Å². The summed E-state index contributed by atoms with van der Waals surface area (Å²) in [6.45, 7) is 0. The van der Waals surface area contributed by atoms with E-state index in [1.54, 1.807) is 26.4 Å². The van der Waals surface area contributed by atoms with Crippen LogP contribution in [0, 0.1) is 0 Å². The standard InChI is InChI=1S/C15H14O3/c1-17-14-9-11(10-16)8-13(15(14)18-2)12-6-4-3-5-7-12/h3-10H,1-2H3. The molecule has 3 heteroatoms. The van der Waals surface area contributed by atoms with Gasteiger partial charge in [0, 0.05) is 11.1 Å². The lowest BCUT2D eigenvalue weighted by molar-refractivity contribution is 0.112. The van der Waals surface area contributed by atoms with Gasteiger partial charge in [-0.25, -0.2) is 0 Å². The van der Waals surface area contributed by atoms with Crippen molar-refractivity contribution in [2.24, 2.45) is 0 Å². The first-order chi connectivity index (χ1) is 8.80. The van der Waals surface area contributed by atoms with Crippen LogP contribution in [0.2, 0.25) is 0 Å². The van der Waals surface area contributed by atoms with Crippen LogP contribution in [0.4, 0.5) is 0 Å². The van der Waals surface area contributed by atoms with E-state index in [0.29, 0.717) is 17.1 Å². The van der Waals surface area contributed by atoms with E-state index < -0.39 is 0 Å². The molecule has 0 aliphatic heterocycles. The fourth-order valence-electron chi connectivity index (χ4n) is 1.89. The topological polar surface area (TPSA) is 35.5 Å². The van der Waals surface area contributed by atoms with Gasteiger partial charge < -0.3 is 9.47 Å². The van der Waals surface area contributed by atoms with Crippen molar-refractivity contribution in [3.05, 3.63) is 48.0 Å². The summed E-state index contributed by atoms with van der Waals surface area (Å²) < 4.78 is 10.6. The Hall–Kier alpha value is -2.29. The maximum absolute atomic E-state index is 11.0. The second-order valence-corrected chi connectivity index (χ2v) is 3.79. The summed E-state index contributed by atoms with van der Waals surface area (Å²) in [5.74, 6) is 1.19. The largest absolute Gasteiger partial charge is 0.493 e. The van der Waals surface area contributed by atoms with Gasteiger partial charge in [0.2, 0.25) is 0 Å². The van der Waals surface area contributed by atoms with Gasteiger partial charge in [-0.05, 0) is 17.7 Å². The van der Waals surface area contributed by atoms with E-state index in [9.17, 15) is 4.79 Å². The van der Waals surface area contributed by atoms with Crippen molar-refractivity contribution in [2.75, 3.05) is 14.2 Å². The minimum absolute atomic E-state index is 0.556. The quantitative estimate of drug-likeness (QED) is 0.772. The average Bonchev–Trinajstić information content (AvgIpc) is 2.46. The summed E-state index contributed by atoms with van der Waals surface area (Å²) in [4.78, 5) is 11.0. The van der Waals surface area contributed by atoms with Gasteiger partial charge >= 0.3 is 0 Å². The Kier molecular flexibility index (Phi) is 3.63. The number of carbonyl (C=O) groups is 1. The Labute approximate surface area is 106 Å². The van der Waals surface area contributed by atoms with E-state index in [-0.39, 0.29) is 0 Å². The Balaban J connectivity index is 2.67. The van der Waals surface area contributed by atoms with E-state index in [2.05, 4.69) is 0 Å². The Bertz CT molecular complexity index is 547. The van der Waals surface area contributed by atoms with Gasteiger partial charge in [0.15, 0.2) is 11.5 Å². The molecule has 0 N–H and O–H groups in total. The number of carbonyl (C=O) groups excluding carboxylic acids is 1. The molecule has 0 aliphatic rings. The molecule has 0 amide bonds. The normalized spacial score (nSPS) is 9.89. The van der Waals surface area contributed by atoms with Crippen LogP contribution in [-0.4, -0.2) is 20.5 Å². The molecule has 0 saturated heterocycles. The number of rotatable bonds is 4. The molecule has 0 saturated carbocycles. The summed E-state index contributed by atoms with van der Waals surface area (Å²) in [7, 11) is 3.14. The van der Waals surface area contributed by atoms with Gasteiger partial charge in [-0.15, -0.1) is 0 Å². The van der Waals surface area contributed by atoms with Gasteiger partial charge in [0.25, 0.3) is 0 Å². The predicted molar refractivity (Wildman–Crippen MR) is 70.4 cm³/mol. The van der Waals surface area contributed by atoms with Gasteiger partial charge in [-0.1, -0.05) is 30.3 Å². The second-order valence-electron chi connectivity index (χ2n) is 3.79. The van der Waals surface area contributed by atoms with E-state index in [1.807, 2.05) is 30.3 Å². The van der Waals surface area contributed by atoms with Crippen LogP contribution in [0.1, 0.15) is 10.4 Å². The summed E-state index contributed by atoms with van der Waals surface area (Å²) in [6.07, 6.45) is 0.800. The molecule has 3 nitrogen and oxygen atoms in total. The molecular formula is C15H14O3. The zero-order valence-corrected chi connectivity index (χ0v) is 10.3. The fourth-order valence-corrected chi connectivity index (χ4v) is 1.89. The molecule has 2 rings (SSSR count). The van der Waals surface area contributed by atoms with E-state index in [4.69, 9.17) is 9.47 Å². The monoisotopic (exact) mass is 242 g/mol. The third kappa shape index (κ3) is 2.20.